The summed E-state index contributed by atoms with van der Waals surface area (Å²) in [6.45, 7) is 1.77. The number of hydrogen-bond donors (Lipinski definition) is 1. The molecule has 29 heavy (non-hydrogen) atoms. The third-order valence-corrected chi connectivity index (χ3v) is 5.61. The van der Waals surface area contributed by atoms with Crippen LogP contribution in [-0.4, -0.2) is 45.9 Å². The smallest absolute Gasteiger partial charge is 0.267 e. The van der Waals surface area contributed by atoms with E-state index in [0.717, 1.165) is 20.3 Å². The quantitative estimate of drug-likeness (QED) is 0.426. The topological polar surface area (TPSA) is 108 Å². The van der Waals surface area contributed by atoms with Crippen molar-refractivity contribution in [3.63, 3.8) is 0 Å². The number of hydrogen-bond acceptors (Lipinski definition) is 9. The van der Waals surface area contributed by atoms with E-state index in [0.29, 0.717) is 22.3 Å². The van der Waals surface area contributed by atoms with Gasteiger partial charge in [0.15, 0.2) is 15.8 Å². The van der Waals surface area contributed by atoms with Crippen LogP contribution in [0, 0.1) is 0 Å². The largest absolute Gasteiger partial charge is 0.493 e. The van der Waals surface area contributed by atoms with Gasteiger partial charge in [0.25, 0.3) is 5.56 Å². The van der Waals surface area contributed by atoms with Crippen LogP contribution >= 0.6 is 23.1 Å². The van der Waals surface area contributed by atoms with Gasteiger partial charge in [-0.05, 0) is 30.0 Å². The number of rotatable bonds is 8. The number of ether oxygens (including phenoxy) is 2. The maximum Gasteiger partial charge on any atom is 0.267 e. The van der Waals surface area contributed by atoms with Gasteiger partial charge in [-0.1, -0.05) is 30.0 Å². The Morgan fingerprint density at radius 2 is 1.97 bits per heavy atom. The van der Waals surface area contributed by atoms with Crippen molar-refractivity contribution in [1.82, 2.24) is 20.0 Å². The molecule has 3 aromatic rings. The highest BCUT2D eigenvalue weighted by Gasteiger charge is 2.12. The van der Waals surface area contributed by atoms with Gasteiger partial charge in [-0.15, -0.1) is 10.2 Å². The van der Waals surface area contributed by atoms with E-state index in [1.807, 2.05) is 6.92 Å². The number of methoxy groups -OCH3 is 2. The molecule has 1 amide bonds. The number of aromatic nitrogens is 4. The highest BCUT2D eigenvalue weighted by atomic mass is 32.2. The number of amides is 1. The Morgan fingerprint density at radius 3 is 2.69 bits per heavy atom. The van der Waals surface area contributed by atoms with E-state index in [2.05, 4.69) is 20.6 Å². The standard InChI is InChI=1S/C18H19N5O4S2/c1-4-28-18-21-20-17(29-18)19-15(24)10-23-16(25)8-6-12(22-23)11-5-7-13(26-2)14(9-11)27-3/h5-9H,4,10H2,1-3H3,(H,19,20,24). The van der Waals surface area contributed by atoms with Gasteiger partial charge in [0.2, 0.25) is 11.0 Å². The predicted octanol–water partition coefficient (Wildman–Crippen LogP) is 2.53. The van der Waals surface area contributed by atoms with Crippen molar-refractivity contribution in [3.05, 3.63) is 40.7 Å². The van der Waals surface area contributed by atoms with Crippen molar-refractivity contribution in [2.45, 2.75) is 17.8 Å². The Labute approximate surface area is 175 Å². The number of carbonyl (C=O) groups excluding carboxylic acids is 1. The lowest BCUT2D eigenvalue weighted by Gasteiger charge is -2.10. The van der Waals surface area contributed by atoms with Crippen molar-refractivity contribution >= 4 is 34.1 Å². The van der Waals surface area contributed by atoms with Crippen molar-refractivity contribution in [2.24, 2.45) is 0 Å². The van der Waals surface area contributed by atoms with Gasteiger partial charge < -0.3 is 9.47 Å². The molecular weight excluding hydrogens is 414 g/mol. The molecule has 0 atom stereocenters. The van der Waals surface area contributed by atoms with Gasteiger partial charge >= 0.3 is 0 Å². The van der Waals surface area contributed by atoms with E-state index in [9.17, 15) is 9.59 Å². The van der Waals surface area contributed by atoms with E-state index >= 15 is 0 Å². The summed E-state index contributed by atoms with van der Waals surface area (Å²) in [5.41, 5.74) is 0.863. The second kappa shape index (κ2) is 9.52. The van der Waals surface area contributed by atoms with Crippen LogP contribution in [0.25, 0.3) is 11.3 Å². The first-order chi connectivity index (χ1) is 14.0. The molecule has 0 aliphatic rings. The summed E-state index contributed by atoms with van der Waals surface area (Å²) in [5.74, 6) is 1.58. The Morgan fingerprint density at radius 1 is 1.17 bits per heavy atom. The van der Waals surface area contributed by atoms with E-state index in [1.165, 1.54) is 24.5 Å². The van der Waals surface area contributed by atoms with Crippen molar-refractivity contribution < 1.29 is 14.3 Å². The van der Waals surface area contributed by atoms with Crippen LogP contribution < -0.4 is 20.3 Å². The molecule has 0 aliphatic carbocycles. The maximum absolute atomic E-state index is 12.3. The van der Waals surface area contributed by atoms with Crippen LogP contribution in [0.2, 0.25) is 0 Å². The summed E-state index contributed by atoms with van der Waals surface area (Å²) in [4.78, 5) is 24.5. The second-order valence-corrected chi connectivity index (χ2v) is 8.13. The number of thioether (sulfide) groups is 1. The van der Waals surface area contributed by atoms with Gasteiger partial charge in [-0.25, -0.2) is 4.68 Å². The number of carbonyl (C=O) groups is 1. The first-order valence-electron chi connectivity index (χ1n) is 8.60. The van der Waals surface area contributed by atoms with Gasteiger partial charge in [0.05, 0.1) is 19.9 Å². The molecule has 2 aromatic heterocycles. The fourth-order valence-corrected chi connectivity index (χ4v) is 4.11. The average molecular weight is 434 g/mol. The molecule has 0 aliphatic heterocycles. The van der Waals surface area contributed by atoms with E-state index in [1.54, 1.807) is 43.1 Å². The van der Waals surface area contributed by atoms with E-state index in [-0.39, 0.29) is 12.1 Å². The molecule has 0 radical (unpaired) electrons. The maximum atomic E-state index is 12.3. The minimum absolute atomic E-state index is 0.240. The highest BCUT2D eigenvalue weighted by molar-refractivity contribution is 8.01. The fraction of sp³-hybridized carbons (Fsp3) is 0.278. The molecule has 0 saturated carbocycles. The first kappa shape index (κ1) is 20.8. The normalized spacial score (nSPS) is 10.6. The third-order valence-electron chi connectivity index (χ3n) is 3.76. The monoisotopic (exact) mass is 433 g/mol. The van der Waals surface area contributed by atoms with E-state index < -0.39 is 5.91 Å². The first-order valence-corrected chi connectivity index (χ1v) is 10.4. The molecule has 9 nitrogen and oxygen atoms in total. The summed E-state index contributed by atoms with van der Waals surface area (Å²) >= 11 is 2.82. The molecule has 3 rings (SSSR count). The molecule has 1 N–H and O–H groups in total. The number of anilines is 1. The molecule has 152 valence electrons. The molecule has 0 saturated heterocycles. The van der Waals surface area contributed by atoms with Crippen molar-refractivity contribution in [1.29, 1.82) is 0 Å². The number of nitrogens with zero attached hydrogens (tertiary/aromatic N) is 4. The highest BCUT2D eigenvalue weighted by Crippen LogP contribution is 2.31. The zero-order valence-electron chi connectivity index (χ0n) is 16.0. The predicted molar refractivity (Wildman–Crippen MR) is 112 cm³/mol. The van der Waals surface area contributed by atoms with Gasteiger partial charge in [-0.3, -0.25) is 14.9 Å². The lowest BCUT2D eigenvalue weighted by Crippen LogP contribution is -2.29. The van der Waals surface area contributed by atoms with Crippen molar-refractivity contribution in [2.75, 3.05) is 25.3 Å². The van der Waals surface area contributed by atoms with Crippen LogP contribution in [0.1, 0.15) is 6.92 Å². The summed E-state index contributed by atoms with van der Waals surface area (Å²) in [7, 11) is 3.09. The van der Waals surface area contributed by atoms with Crippen LogP contribution in [0.4, 0.5) is 5.13 Å². The Bertz CT molecular complexity index is 1070. The Kier molecular flexibility index (Phi) is 6.83. The molecule has 0 bridgehead atoms. The average Bonchev–Trinajstić information content (AvgIpc) is 3.16. The second-order valence-electron chi connectivity index (χ2n) is 5.64. The number of benzene rings is 1. The minimum atomic E-state index is -0.409. The summed E-state index contributed by atoms with van der Waals surface area (Å²) in [5, 5.41) is 15.2. The fourth-order valence-electron chi connectivity index (χ4n) is 2.45. The van der Waals surface area contributed by atoms with Crippen LogP contribution in [-0.2, 0) is 11.3 Å². The number of nitrogens with one attached hydrogen (secondary N) is 1. The molecule has 0 spiro atoms. The van der Waals surface area contributed by atoms with Crippen molar-refractivity contribution in [3.8, 4) is 22.8 Å². The summed E-state index contributed by atoms with van der Waals surface area (Å²) in [6.07, 6.45) is 0. The van der Waals surface area contributed by atoms with Gasteiger partial charge in [0, 0.05) is 11.6 Å². The van der Waals surface area contributed by atoms with Crippen LogP contribution in [0.5, 0.6) is 11.5 Å². The van der Waals surface area contributed by atoms with Crippen LogP contribution in [0.15, 0.2) is 39.5 Å². The van der Waals surface area contributed by atoms with Gasteiger partial charge in [-0.2, -0.15) is 5.10 Å². The molecule has 11 heteroatoms. The minimum Gasteiger partial charge on any atom is -0.493 e. The SMILES string of the molecule is CCSc1nnc(NC(=O)Cn2nc(-c3ccc(OC)c(OC)c3)ccc2=O)s1. The summed E-state index contributed by atoms with van der Waals surface area (Å²) < 4.78 is 12.4. The molecule has 2 heterocycles. The Hall–Kier alpha value is -2.92. The zero-order chi connectivity index (χ0) is 20.8. The van der Waals surface area contributed by atoms with E-state index in [4.69, 9.17) is 9.47 Å². The zero-order valence-corrected chi connectivity index (χ0v) is 17.7. The lowest BCUT2D eigenvalue weighted by atomic mass is 10.1. The Balaban J connectivity index is 1.78. The summed E-state index contributed by atoms with van der Waals surface area (Å²) in [6, 6.07) is 8.26. The molecule has 0 unspecified atom stereocenters. The third kappa shape index (κ3) is 5.12. The molecule has 0 fully saturated rings. The lowest BCUT2D eigenvalue weighted by molar-refractivity contribution is -0.117. The molecule has 1 aromatic carbocycles. The van der Waals surface area contributed by atoms with Gasteiger partial charge in [0.1, 0.15) is 6.54 Å². The molecular formula is C18H19N5O4S2. The van der Waals surface area contributed by atoms with Crippen LogP contribution in [0.3, 0.4) is 0 Å².